The van der Waals surface area contributed by atoms with Gasteiger partial charge in [-0.3, -0.25) is 9.59 Å². The molecule has 3 unspecified atom stereocenters. The zero-order valence-corrected chi connectivity index (χ0v) is 10.4. The maximum atomic E-state index is 12.1. The fraction of sp³-hybridized carbons (Fsp3) is 0.833. The smallest absolute Gasteiger partial charge is 0.307 e. The van der Waals surface area contributed by atoms with E-state index in [2.05, 4.69) is 0 Å². The van der Waals surface area contributed by atoms with E-state index < -0.39 is 23.9 Å². The third kappa shape index (κ3) is 3.70. The molecule has 1 saturated carbocycles. The number of hydrogen-bond donors (Lipinski definition) is 2. The molecule has 1 aliphatic carbocycles. The van der Waals surface area contributed by atoms with Gasteiger partial charge in [0.25, 0.3) is 0 Å². The van der Waals surface area contributed by atoms with Crippen LogP contribution in [0, 0.1) is 11.8 Å². The van der Waals surface area contributed by atoms with Crippen molar-refractivity contribution in [2.24, 2.45) is 11.8 Å². The van der Waals surface area contributed by atoms with Crippen LogP contribution >= 0.6 is 0 Å². The van der Waals surface area contributed by atoms with Crippen LogP contribution in [-0.2, 0) is 9.59 Å². The van der Waals surface area contributed by atoms with Gasteiger partial charge in [-0.1, -0.05) is 12.8 Å². The molecule has 98 valence electrons. The molecule has 0 saturated heterocycles. The number of aliphatic carboxylic acids is 1. The van der Waals surface area contributed by atoms with Crippen LogP contribution in [0.1, 0.15) is 32.6 Å². The van der Waals surface area contributed by atoms with Crippen LogP contribution in [0.2, 0.25) is 0 Å². The highest BCUT2D eigenvalue weighted by molar-refractivity contribution is 5.84. The second kappa shape index (κ2) is 6.00. The van der Waals surface area contributed by atoms with Crippen LogP contribution in [-0.4, -0.2) is 46.7 Å². The largest absolute Gasteiger partial charge is 0.481 e. The van der Waals surface area contributed by atoms with Gasteiger partial charge in [-0.25, -0.2) is 0 Å². The van der Waals surface area contributed by atoms with Crippen LogP contribution in [0.15, 0.2) is 0 Å². The lowest BCUT2D eigenvalue weighted by molar-refractivity contribution is -0.152. The Morgan fingerprint density at radius 2 is 1.82 bits per heavy atom. The minimum Gasteiger partial charge on any atom is -0.481 e. The monoisotopic (exact) mass is 243 g/mol. The molecule has 5 heteroatoms. The molecule has 1 amide bonds. The summed E-state index contributed by atoms with van der Waals surface area (Å²) < 4.78 is 0. The molecule has 1 aliphatic rings. The number of aliphatic hydroxyl groups excluding tert-OH is 1. The number of carboxylic acids is 1. The third-order valence-corrected chi connectivity index (χ3v) is 3.31. The van der Waals surface area contributed by atoms with Crippen LogP contribution in [0.5, 0.6) is 0 Å². The van der Waals surface area contributed by atoms with Gasteiger partial charge in [-0.15, -0.1) is 0 Å². The van der Waals surface area contributed by atoms with Crippen LogP contribution in [0.3, 0.4) is 0 Å². The lowest BCUT2D eigenvalue weighted by Crippen LogP contribution is -2.42. The number of carboxylic acid groups (broad SMARTS) is 1. The molecule has 0 aromatic heterocycles. The Morgan fingerprint density at radius 3 is 2.29 bits per heavy atom. The minimum atomic E-state index is -0.881. The van der Waals surface area contributed by atoms with Crippen molar-refractivity contribution in [2.45, 2.75) is 38.7 Å². The molecule has 0 heterocycles. The zero-order chi connectivity index (χ0) is 13.0. The van der Waals surface area contributed by atoms with Crippen molar-refractivity contribution in [3.05, 3.63) is 0 Å². The van der Waals surface area contributed by atoms with Gasteiger partial charge in [0, 0.05) is 13.6 Å². The number of carbonyl (C=O) groups is 2. The van der Waals surface area contributed by atoms with Gasteiger partial charge in [-0.05, 0) is 19.8 Å². The Hall–Kier alpha value is -1.10. The first kappa shape index (κ1) is 14.0. The molecule has 0 radical (unpaired) electrons. The average molecular weight is 243 g/mol. The minimum absolute atomic E-state index is 0.155. The quantitative estimate of drug-likeness (QED) is 0.762. The zero-order valence-electron chi connectivity index (χ0n) is 10.4. The summed E-state index contributed by atoms with van der Waals surface area (Å²) >= 11 is 0. The van der Waals surface area contributed by atoms with E-state index in [0.717, 1.165) is 12.8 Å². The van der Waals surface area contributed by atoms with Gasteiger partial charge in [0.15, 0.2) is 0 Å². The summed E-state index contributed by atoms with van der Waals surface area (Å²) in [6.45, 7) is 1.86. The van der Waals surface area contributed by atoms with Gasteiger partial charge >= 0.3 is 5.97 Å². The average Bonchev–Trinajstić information content (AvgIpc) is 2.27. The number of likely N-dealkylation sites (N-methyl/N-ethyl adjacent to an activating group) is 1. The second-order valence-corrected chi connectivity index (χ2v) is 4.90. The number of aliphatic hydroxyl groups is 1. The molecule has 0 aliphatic heterocycles. The Bertz CT molecular complexity index is 290. The van der Waals surface area contributed by atoms with Gasteiger partial charge < -0.3 is 15.1 Å². The Labute approximate surface area is 101 Å². The van der Waals surface area contributed by atoms with E-state index in [1.54, 1.807) is 14.0 Å². The molecule has 0 spiro atoms. The summed E-state index contributed by atoms with van der Waals surface area (Å²) in [6.07, 6.45) is 2.41. The third-order valence-electron chi connectivity index (χ3n) is 3.31. The predicted octanol–water partition coefficient (Wildman–Crippen LogP) is 0.717. The summed E-state index contributed by atoms with van der Waals surface area (Å²) in [7, 11) is 1.61. The highest BCUT2D eigenvalue weighted by atomic mass is 16.4. The van der Waals surface area contributed by atoms with Gasteiger partial charge in [0.1, 0.15) is 0 Å². The molecular formula is C12H21NO4. The van der Waals surface area contributed by atoms with Gasteiger partial charge in [-0.2, -0.15) is 0 Å². The van der Waals surface area contributed by atoms with Crippen molar-refractivity contribution in [3.8, 4) is 0 Å². The molecular weight excluding hydrogens is 222 g/mol. The van der Waals surface area contributed by atoms with Crippen molar-refractivity contribution < 1.29 is 19.8 Å². The van der Waals surface area contributed by atoms with Crippen LogP contribution in [0.4, 0.5) is 0 Å². The lowest BCUT2D eigenvalue weighted by atomic mass is 9.78. The van der Waals surface area contributed by atoms with E-state index >= 15 is 0 Å². The summed E-state index contributed by atoms with van der Waals surface area (Å²) in [5.41, 5.74) is 0. The van der Waals surface area contributed by atoms with Gasteiger partial charge in [0.05, 0.1) is 17.9 Å². The topological polar surface area (TPSA) is 77.8 Å². The number of rotatable bonds is 4. The van der Waals surface area contributed by atoms with E-state index in [9.17, 15) is 14.7 Å². The molecule has 3 atom stereocenters. The van der Waals surface area contributed by atoms with Crippen molar-refractivity contribution in [2.75, 3.05) is 13.6 Å². The number of hydrogen-bond acceptors (Lipinski definition) is 3. The van der Waals surface area contributed by atoms with E-state index in [0.29, 0.717) is 12.8 Å². The molecule has 0 aromatic carbocycles. The molecule has 17 heavy (non-hydrogen) atoms. The van der Waals surface area contributed by atoms with Crippen LogP contribution in [0.25, 0.3) is 0 Å². The van der Waals surface area contributed by atoms with Gasteiger partial charge in [0.2, 0.25) is 5.91 Å². The van der Waals surface area contributed by atoms with Crippen molar-refractivity contribution in [1.29, 1.82) is 0 Å². The van der Waals surface area contributed by atoms with Crippen molar-refractivity contribution in [3.63, 3.8) is 0 Å². The lowest BCUT2D eigenvalue weighted by Gasteiger charge is -2.31. The molecule has 1 rings (SSSR count). The first-order chi connectivity index (χ1) is 7.93. The summed E-state index contributed by atoms with van der Waals surface area (Å²) in [4.78, 5) is 24.6. The number of amides is 1. The standard InChI is InChI=1S/C12H21NO4/c1-8(14)7-13(2)11(15)9-5-3-4-6-10(9)12(16)17/h8-10,14H,3-7H2,1-2H3,(H,16,17). The number of nitrogens with zero attached hydrogens (tertiary/aromatic N) is 1. The van der Waals surface area contributed by atoms with E-state index in [1.165, 1.54) is 4.90 Å². The first-order valence-corrected chi connectivity index (χ1v) is 6.09. The maximum Gasteiger partial charge on any atom is 0.307 e. The highest BCUT2D eigenvalue weighted by Crippen LogP contribution is 2.31. The van der Waals surface area contributed by atoms with E-state index in [-0.39, 0.29) is 12.5 Å². The summed E-state index contributed by atoms with van der Waals surface area (Å²) in [5, 5.41) is 18.3. The normalized spacial score (nSPS) is 26.3. The fourth-order valence-corrected chi connectivity index (χ4v) is 2.49. The molecule has 0 bridgehead atoms. The summed E-state index contributed by atoms with van der Waals surface area (Å²) in [5.74, 6) is -2.02. The fourth-order valence-electron chi connectivity index (χ4n) is 2.49. The highest BCUT2D eigenvalue weighted by Gasteiger charge is 2.37. The molecule has 5 nitrogen and oxygen atoms in total. The predicted molar refractivity (Wildman–Crippen MR) is 62.4 cm³/mol. The SMILES string of the molecule is CC(O)CN(C)C(=O)C1CCCCC1C(=O)O. The number of carbonyl (C=O) groups excluding carboxylic acids is 1. The van der Waals surface area contributed by atoms with Crippen molar-refractivity contribution >= 4 is 11.9 Å². The Balaban J connectivity index is 2.67. The maximum absolute atomic E-state index is 12.1. The van der Waals surface area contributed by atoms with Crippen molar-refractivity contribution in [1.82, 2.24) is 4.90 Å². The van der Waals surface area contributed by atoms with E-state index in [1.807, 2.05) is 0 Å². The molecule has 0 aromatic rings. The Morgan fingerprint density at radius 1 is 1.29 bits per heavy atom. The Kier molecular flexibility index (Phi) is 4.93. The van der Waals surface area contributed by atoms with Crippen LogP contribution < -0.4 is 0 Å². The summed E-state index contributed by atoms with van der Waals surface area (Å²) in [6, 6.07) is 0. The van der Waals surface area contributed by atoms with E-state index in [4.69, 9.17) is 5.11 Å². The molecule has 2 N–H and O–H groups in total. The molecule has 1 fully saturated rings. The second-order valence-electron chi connectivity index (χ2n) is 4.90. The first-order valence-electron chi connectivity index (χ1n) is 6.09.